The maximum absolute atomic E-state index is 13.8. The summed E-state index contributed by atoms with van der Waals surface area (Å²) in [5, 5.41) is 11.8. The van der Waals surface area contributed by atoms with Crippen LogP contribution in [0.2, 0.25) is 0 Å². The van der Waals surface area contributed by atoms with Crippen LogP contribution in [0, 0.1) is 11.8 Å². The van der Waals surface area contributed by atoms with E-state index in [0.717, 1.165) is 13.0 Å². The van der Waals surface area contributed by atoms with Crippen molar-refractivity contribution in [3.8, 4) is 0 Å². The third kappa shape index (κ3) is 0.941. The smallest absolute Gasteiger partial charge is 0.341 e. The van der Waals surface area contributed by atoms with E-state index in [2.05, 4.69) is 5.32 Å². The molecule has 12 heavy (non-hydrogen) atoms. The molecule has 0 spiro atoms. The number of carboxylic acids is 1. The van der Waals surface area contributed by atoms with Crippen molar-refractivity contribution in [1.29, 1.82) is 0 Å². The zero-order valence-corrected chi connectivity index (χ0v) is 6.72. The number of nitrogens with one attached hydrogen (secondary N) is 1. The summed E-state index contributed by atoms with van der Waals surface area (Å²) >= 11 is 0. The van der Waals surface area contributed by atoms with E-state index in [0.29, 0.717) is 6.54 Å². The molecule has 0 aromatic heterocycles. The van der Waals surface area contributed by atoms with Gasteiger partial charge in [-0.25, -0.2) is 9.18 Å². The summed E-state index contributed by atoms with van der Waals surface area (Å²) in [6, 6.07) is 0. The number of hydrogen-bond donors (Lipinski definition) is 2. The summed E-state index contributed by atoms with van der Waals surface area (Å²) in [6.45, 7) is 1.29. The van der Waals surface area contributed by atoms with Crippen LogP contribution >= 0.6 is 0 Å². The van der Waals surface area contributed by atoms with Crippen molar-refractivity contribution >= 4 is 5.97 Å². The molecule has 1 heterocycles. The van der Waals surface area contributed by atoms with Gasteiger partial charge in [0.15, 0.2) is 0 Å². The Bertz CT molecular complexity index is 221. The maximum Gasteiger partial charge on any atom is 0.341 e. The lowest BCUT2D eigenvalue weighted by Gasteiger charge is -2.23. The maximum atomic E-state index is 13.8. The lowest BCUT2D eigenvalue weighted by Crippen LogP contribution is -2.41. The molecular formula is C8H12FNO2. The summed E-state index contributed by atoms with van der Waals surface area (Å²) in [4.78, 5) is 10.7. The van der Waals surface area contributed by atoms with Gasteiger partial charge in [-0.2, -0.15) is 0 Å². The van der Waals surface area contributed by atoms with E-state index in [9.17, 15) is 9.18 Å². The molecule has 2 rings (SSSR count). The Balaban J connectivity index is 2.23. The third-order valence-corrected chi connectivity index (χ3v) is 3.03. The molecule has 68 valence electrons. The van der Waals surface area contributed by atoms with Gasteiger partial charge in [-0.15, -0.1) is 0 Å². The number of rotatable bonds is 1. The van der Waals surface area contributed by atoms with Crippen molar-refractivity contribution in [2.45, 2.75) is 18.5 Å². The summed E-state index contributed by atoms with van der Waals surface area (Å²) in [6.07, 6.45) is 0.926. The van der Waals surface area contributed by atoms with Gasteiger partial charge in [-0.05, 0) is 25.3 Å². The van der Waals surface area contributed by atoms with E-state index in [1.54, 1.807) is 0 Å². The van der Waals surface area contributed by atoms with Gasteiger partial charge in [0.2, 0.25) is 5.67 Å². The van der Waals surface area contributed by atoms with Gasteiger partial charge in [0.1, 0.15) is 0 Å². The number of aliphatic carboxylic acids is 1. The molecule has 4 heteroatoms. The molecule has 2 N–H and O–H groups in total. The van der Waals surface area contributed by atoms with Gasteiger partial charge in [0.05, 0.1) is 0 Å². The zero-order valence-electron chi connectivity index (χ0n) is 6.72. The van der Waals surface area contributed by atoms with E-state index in [1.165, 1.54) is 0 Å². The average molecular weight is 173 g/mol. The van der Waals surface area contributed by atoms with Crippen LogP contribution < -0.4 is 5.32 Å². The van der Waals surface area contributed by atoms with E-state index in [4.69, 9.17) is 5.11 Å². The summed E-state index contributed by atoms with van der Waals surface area (Å²) in [5.41, 5.74) is -1.95. The number of carboxylic acid groups (broad SMARTS) is 1. The number of alkyl halides is 1. The molecule has 1 aliphatic carbocycles. The largest absolute Gasteiger partial charge is 0.479 e. The standard InChI is InChI=1S/C8H12FNO2/c9-8(7(11)12)2-5-1-6(8)4-10-3-5/h5-6,10H,1-4H2,(H,11,12)/t5-,6-,8-/m0/s1. The van der Waals surface area contributed by atoms with Crippen molar-refractivity contribution in [3.63, 3.8) is 0 Å². The molecule has 0 aromatic carbocycles. The Hall–Kier alpha value is -0.640. The monoisotopic (exact) mass is 173 g/mol. The number of piperidine rings is 1. The molecule has 1 saturated carbocycles. The lowest BCUT2D eigenvalue weighted by molar-refractivity contribution is -0.153. The van der Waals surface area contributed by atoms with Crippen LogP contribution in [0.15, 0.2) is 0 Å². The van der Waals surface area contributed by atoms with Crippen molar-refractivity contribution in [3.05, 3.63) is 0 Å². The molecule has 0 amide bonds. The zero-order chi connectivity index (χ0) is 8.77. The van der Waals surface area contributed by atoms with Crippen molar-refractivity contribution in [2.24, 2.45) is 11.8 Å². The molecule has 3 atom stereocenters. The third-order valence-electron chi connectivity index (χ3n) is 3.03. The summed E-state index contributed by atoms with van der Waals surface area (Å²) < 4.78 is 13.8. The highest BCUT2D eigenvalue weighted by atomic mass is 19.1. The summed E-state index contributed by atoms with van der Waals surface area (Å²) in [5.74, 6) is -1.36. The van der Waals surface area contributed by atoms with Gasteiger partial charge < -0.3 is 10.4 Å². The fourth-order valence-electron chi connectivity index (χ4n) is 2.38. The molecule has 3 nitrogen and oxygen atoms in total. The Labute approximate surface area is 70.0 Å². The molecule has 0 aromatic rings. The van der Waals surface area contributed by atoms with Crippen LogP contribution in [-0.4, -0.2) is 29.8 Å². The normalized spacial score (nSPS) is 46.1. The van der Waals surface area contributed by atoms with Crippen LogP contribution in [0.1, 0.15) is 12.8 Å². The van der Waals surface area contributed by atoms with Gasteiger partial charge in [-0.1, -0.05) is 0 Å². The second-order valence-corrected chi connectivity index (χ2v) is 3.83. The Kier molecular flexibility index (Phi) is 1.61. The van der Waals surface area contributed by atoms with Crippen LogP contribution in [0.5, 0.6) is 0 Å². The molecule has 2 bridgehead atoms. The molecular weight excluding hydrogens is 161 g/mol. The van der Waals surface area contributed by atoms with Gasteiger partial charge in [-0.3, -0.25) is 0 Å². The predicted molar refractivity (Wildman–Crippen MR) is 40.6 cm³/mol. The number of halogens is 1. The summed E-state index contributed by atoms with van der Waals surface area (Å²) in [7, 11) is 0. The molecule has 0 radical (unpaired) electrons. The minimum Gasteiger partial charge on any atom is -0.479 e. The first kappa shape index (κ1) is 7.98. The van der Waals surface area contributed by atoms with Gasteiger partial charge in [0.25, 0.3) is 0 Å². The molecule has 2 fully saturated rings. The quantitative estimate of drug-likeness (QED) is 0.603. The molecule has 1 aliphatic heterocycles. The second kappa shape index (κ2) is 2.42. The first-order valence-electron chi connectivity index (χ1n) is 4.26. The SMILES string of the molecule is O=C(O)[C@]1(F)C[C@H]2CNC[C@@H]1C2. The fourth-order valence-corrected chi connectivity index (χ4v) is 2.38. The van der Waals surface area contributed by atoms with Crippen LogP contribution in [0.25, 0.3) is 0 Å². The van der Waals surface area contributed by atoms with E-state index >= 15 is 0 Å². The predicted octanol–water partition coefficient (Wildman–Crippen LogP) is 0.409. The van der Waals surface area contributed by atoms with Gasteiger partial charge in [0, 0.05) is 12.5 Å². The topological polar surface area (TPSA) is 49.3 Å². The lowest BCUT2D eigenvalue weighted by atomic mass is 9.93. The number of carbonyl (C=O) groups is 1. The fraction of sp³-hybridized carbons (Fsp3) is 0.875. The minimum atomic E-state index is -1.95. The van der Waals surface area contributed by atoms with Crippen LogP contribution in [0.4, 0.5) is 4.39 Å². The van der Waals surface area contributed by atoms with E-state index in [-0.39, 0.29) is 18.3 Å². The second-order valence-electron chi connectivity index (χ2n) is 3.83. The first-order valence-corrected chi connectivity index (χ1v) is 4.26. The average Bonchev–Trinajstić information content (AvgIpc) is 2.25. The molecule has 0 unspecified atom stereocenters. The van der Waals surface area contributed by atoms with Crippen LogP contribution in [-0.2, 0) is 4.79 Å². The Morgan fingerprint density at radius 2 is 2.33 bits per heavy atom. The molecule has 2 aliphatic rings. The Morgan fingerprint density at radius 1 is 1.58 bits per heavy atom. The number of hydrogen-bond acceptors (Lipinski definition) is 2. The van der Waals surface area contributed by atoms with Crippen molar-refractivity contribution in [2.75, 3.05) is 13.1 Å². The first-order chi connectivity index (χ1) is 5.63. The minimum absolute atomic E-state index is 0.194. The van der Waals surface area contributed by atoms with E-state index in [1.807, 2.05) is 0 Å². The van der Waals surface area contributed by atoms with Crippen molar-refractivity contribution < 1.29 is 14.3 Å². The highest BCUT2D eigenvalue weighted by Gasteiger charge is 2.54. The molecule has 1 saturated heterocycles. The van der Waals surface area contributed by atoms with Gasteiger partial charge >= 0.3 is 5.97 Å². The van der Waals surface area contributed by atoms with E-state index < -0.39 is 11.6 Å². The van der Waals surface area contributed by atoms with Crippen LogP contribution in [0.3, 0.4) is 0 Å². The number of fused-ring (bicyclic) bond motifs is 2. The van der Waals surface area contributed by atoms with Crippen molar-refractivity contribution in [1.82, 2.24) is 5.32 Å². The highest BCUT2D eigenvalue weighted by molar-refractivity contribution is 5.78. The highest BCUT2D eigenvalue weighted by Crippen LogP contribution is 2.44. The Morgan fingerprint density at radius 3 is 2.92 bits per heavy atom.